The van der Waals surface area contributed by atoms with Crippen LogP contribution in [0.25, 0.3) is 0 Å². The molecule has 0 heterocycles. The van der Waals surface area contributed by atoms with E-state index in [0.29, 0.717) is 0 Å². The number of nitrogens with two attached hydrogens (primary N) is 1. The summed E-state index contributed by atoms with van der Waals surface area (Å²) < 4.78 is 0. The van der Waals surface area contributed by atoms with Crippen molar-refractivity contribution in [2.45, 2.75) is 17.2 Å². The summed E-state index contributed by atoms with van der Waals surface area (Å²) in [5.41, 5.74) is 3.59. The van der Waals surface area contributed by atoms with Crippen LogP contribution in [-0.4, -0.2) is 68.6 Å². The fraction of sp³-hybridized carbons (Fsp3) is 0.250. The van der Waals surface area contributed by atoms with Gasteiger partial charge in [-0.3, -0.25) is 4.79 Å². The molecule has 1 unspecified atom stereocenters. The zero-order valence-corrected chi connectivity index (χ0v) is 12.9. The molecule has 0 aliphatic heterocycles. The first-order valence-electron chi connectivity index (χ1n) is 6.45. The molecule has 0 fully saturated rings. The molecular weight excluding hydrogens is 296 g/mol. The van der Waals surface area contributed by atoms with Crippen molar-refractivity contribution in [3.63, 3.8) is 0 Å². The molecule has 0 amide bonds. The Kier molecular flexibility index (Phi) is 4.67. The van der Waals surface area contributed by atoms with Crippen LogP contribution in [0.1, 0.15) is 12.0 Å². The van der Waals surface area contributed by atoms with Crippen LogP contribution in [0.3, 0.4) is 0 Å². The van der Waals surface area contributed by atoms with Gasteiger partial charge < -0.3 is 5.73 Å². The third-order valence-electron chi connectivity index (χ3n) is 4.05. The Bertz CT molecular complexity index is 733. The minimum atomic E-state index is -1.85. The first-order valence-corrected chi connectivity index (χ1v) is 6.83. The average Bonchev–Trinajstić information content (AvgIpc) is 2.47. The Morgan fingerprint density at radius 3 is 1.91 bits per heavy atom. The number of allylic oxidation sites excluding steroid dienone is 1. The van der Waals surface area contributed by atoms with E-state index in [1.165, 1.54) is 0 Å². The number of halogens is 1. The molecule has 0 saturated carbocycles. The lowest BCUT2D eigenvalue weighted by Crippen LogP contribution is -2.59. The quantitative estimate of drug-likeness (QED) is 0.533. The van der Waals surface area contributed by atoms with Gasteiger partial charge in [0.15, 0.2) is 5.78 Å². The molecule has 0 saturated heterocycles. The number of hydrogen-bond donors (Lipinski definition) is 1. The van der Waals surface area contributed by atoms with E-state index in [9.17, 15) is 4.79 Å². The van der Waals surface area contributed by atoms with E-state index in [-0.39, 0.29) is 49.8 Å². The van der Waals surface area contributed by atoms with Crippen LogP contribution >= 0.6 is 11.6 Å². The number of rotatable bonds is 1. The first kappa shape index (κ1) is 18.7. The molecule has 1 aromatic carbocycles. The standard InChI is InChI=1S/C12H4B8ClNO/c13-3-2(8(21)6(16)5(15)4(3)14)11(22)1-12(19,20)9(18)7(17)10(11)23/h1,22H2. The minimum absolute atomic E-state index is 0.0158. The lowest BCUT2D eigenvalue weighted by atomic mass is 9.38. The van der Waals surface area contributed by atoms with E-state index >= 15 is 0 Å². The minimum Gasteiger partial charge on any atom is -0.315 e. The summed E-state index contributed by atoms with van der Waals surface area (Å²) in [6.07, 6.45) is -0.307. The van der Waals surface area contributed by atoms with Gasteiger partial charge in [0.1, 0.15) is 52.6 Å². The van der Waals surface area contributed by atoms with Gasteiger partial charge in [-0.1, -0.05) is 33.2 Å². The number of benzene rings is 1. The van der Waals surface area contributed by atoms with E-state index in [1.54, 1.807) is 0 Å². The molecular formula is C12H4B8ClNO. The van der Waals surface area contributed by atoms with Crippen molar-refractivity contribution in [1.29, 1.82) is 0 Å². The highest BCUT2D eigenvalue weighted by atomic mass is 35.5. The van der Waals surface area contributed by atoms with Crippen LogP contribution in [0.4, 0.5) is 0 Å². The second-order valence-corrected chi connectivity index (χ2v) is 6.07. The Morgan fingerprint density at radius 2 is 1.39 bits per heavy atom. The smallest absolute Gasteiger partial charge is 0.172 e. The molecule has 2 nitrogen and oxygen atoms in total. The van der Waals surface area contributed by atoms with Gasteiger partial charge in [-0.25, -0.2) is 0 Å². The van der Waals surface area contributed by atoms with Crippen molar-refractivity contribution in [1.82, 2.24) is 0 Å². The van der Waals surface area contributed by atoms with Gasteiger partial charge in [0.25, 0.3) is 0 Å². The van der Waals surface area contributed by atoms with E-state index in [0.717, 1.165) is 0 Å². The average molecular weight is 300 g/mol. The van der Waals surface area contributed by atoms with Crippen molar-refractivity contribution < 1.29 is 4.79 Å². The van der Waals surface area contributed by atoms with Gasteiger partial charge in [0.2, 0.25) is 0 Å². The fourth-order valence-electron chi connectivity index (χ4n) is 2.68. The number of hydrogen-bond acceptors (Lipinski definition) is 2. The lowest BCUT2D eigenvalue weighted by Gasteiger charge is -2.46. The highest BCUT2D eigenvalue weighted by Gasteiger charge is 2.47. The van der Waals surface area contributed by atoms with E-state index in [2.05, 4.69) is 0 Å². The molecule has 2 N–H and O–H groups in total. The van der Waals surface area contributed by atoms with E-state index in [4.69, 9.17) is 80.1 Å². The molecule has 1 aliphatic rings. The van der Waals surface area contributed by atoms with Crippen molar-refractivity contribution in [2.75, 3.05) is 0 Å². The second kappa shape index (κ2) is 5.74. The van der Waals surface area contributed by atoms with Gasteiger partial charge >= 0.3 is 0 Å². The van der Waals surface area contributed by atoms with Crippen LogP contribution < -0.4 is 27.6 Å². The van der Waals surface area contributed by atoms with Crippen LogP contribution in [-0.2, 0) is 10.3 Å². The monoisotopic (exact) mass is 301 g/mol. The van der Waals surface area contributed by atoms with Crippen molar-refractivity contribution >= 4 is 102 Å². The summed E-state index contributed by atoms with van der Waals surface area (Å²) in [4.78, 5) is 12.6. The van der Waals surface area contributed by atoms with Crippen molar-refractivity contribution in [3.05, 3.63) is 21.5 Å². The summed E-state index contributed by atoms with van der Waals surface area (Å²) in [6.45, 7) is 0. The molecule has 16 radical (unpaired) electrons. The normalized spacial score (nSPS) is 24.0. The summed E-state index contributed by atoms with van der Waals surface area (Å²) in [5, 5.41) is -1.76. The van der Waals surface area contributed by atoms with Crippen molar-refractivity contribution in [3.8, 4) is 0 Å². The zero-order chi connectivity index (χ0) is 17.9. The first-order chi connectivity index (χ1) is 10.4. The van der Waals surface area contributed by atoms with Gasteiger partial charge in [0, 0.05) is 5.02 Å². The molecule has 1 atom stereocenters. The molecule has 94 valence electrons. The fourth-order valence-corrected chi connectivity index (χ4v) is 3.06. The largest absolute Gasteiger partial charge is 0.315 e. The summed E-state index contributed by atoms with van der Waals surface area (Å²) in [5.74, 6) is -0.737. The number of Topliss-reactive ketones (excluding diaryl/α,β-unsaturated/α-hetero) is 1. The third-order valence-corrected chi connectivity index (χ3v) is 4.45. The molecule has 11 heteroatoms. The Balaban J connectivity index is 2.85. The van der Waals surface area contributed by atoms with Crippen LogP contribution in [0.5, 0.6) is 0 Å². The van der Waals surface area contributed by atoms with Gasteiger partial charge in [-0.05, 0) is 12.0 Å². The topological polar surface area (TPSA) is 43.1 Å². The molecule has 0 aromatic heterocycles. The number of ketones is 1. The van der Waals surface area contributed by atoms with Crippen LogP contribution in [0.2, 0.25) is 10.2 Å². The number of carbonyl (C=O) groups is 1. The maximum absolute atomic E-state index is 12.6. The molecule has 0 bridgehead atoms. The van der Waals surface area contributed by atoms with Crippen LogP contribution in [0, 0.1) is 0 Å². The predicted molar refractivity (Wildman–Crippen MR) is 101 cm³/mol. The third kappa shape index (κ3) is 2.62. The van der Waals surface area contributed by atoms with Crippen molar-refractivity contribution in [2.24, 2.45) is 5.73 Å². The summed E-state index contributed by atoms with van der Waals surface area (Å²) >= 11 is 6.20. The number of carbonyl (C=O) groups excluding carboxylic acids is 1. The molecule has 0 spiro atoms. The predicted octanol–water partition coefficient (Wildman–Crippen LogP) is -4.36. The summed E-state index contributed by atoms with van der Waals surface area (Å²) in [7, 11) is 46.5. The Morgan fingerprint density at radius 1 is 0.913 bits per heavy atom. The Labute approximate surface area is 151 Å². The Hall–Kier alpha value is -0.601. The SMILES string of the molecule is [B]C1=C([B])C([B])([B])CC(N)(c2c([B])c([B])c([B])c([B])c2Cl)C1=O. The summed E-state index contributed by atoms with van der Waals surface area (Å²) in [6, 6.07) is 0. The second-order valence-electron chi connectivity index (χ2n) is 5.69. The van der Waals surface area contributed by atoms with Crippen LogP contribution in [0.15, 0.2) is 10.9 Å². The molecule has 23 heavy (non-hydrogen) atoms. The van der Waals surface area contributed by atoms with Gasteiger partial charge in [-0.2, -0.15) is 0 Å². The van der Waals surface area contributed by atoms with Gasteiger partial charge in [0.05, 0.1) is 15.7 Å². The van der Waals surface area contributed by atoms with Gasteiger partial charge in [-0.15, -0.1) is 16.4 Å². The molecule has 1 aromatic rings. The van der Waals surface area contributed by atoms with E-state index < -0.39 is 16.5 Å². The highest BCUT2D eigenvalue weighted by molar-refractivity contribution is 6.66. The lowest BCUT2D eigenvalue weighted by molar-refractivity contribution is -0.121. The zero-order valence-electron chi connectivity index (χ0n) is 12.2. The maximum Gasteiger partial charge on any atom is 0.172 e. The molecule has 1 aliphatic carbocycles. The highest BCUT2D eigenvalue weighted by Crippen LogP contribution is 2.45. The van der Waals surface area contributed by atoms with E-state index in [1.807, 2.05) is 0 Å². The molecule has 2 rings (SSSR count). The maximum atomic E-state index is 12.6.